The molecule has 128 valence electrons. The molecule has 0 aliphatic heterocycles. The number of rotatable bonds is 9. The van der Waals surface area contributed by atoms with Crippen LogP contribution in [0.15, 0.2) is 24.3 Å². The molecule has 0 aliphatic carbocycles. The molecular formula is C17H26N2O4. The van der Waals surface area contributed by atoms with Crippen molar-refractivity contribution in [3.63, 3.8) is 0 Å². The summed E-state index contributed by atoms with van der Waals surface area (Å²) in [4.78, 5) is 27.9. The van der Waals surface area contributed by atoms with Gasteiger partial charge in [-0.25, -0.2) is 0 Å². The lowest BCUT2D eigenvalue weighted by molar-refractivity contribution is -0.143. The van der Waals surface area contributed by atoms with E-state index in [0.29, 0.717) is 31.0 Å². The first-order valence-electron chi connectivity index (χ1n) is 7.71. The zero-order chi connectivity index (χ0) is 17.2. The summed E-state index contributed by atoms with van der Waals surface area (Å²) >= 11 is 0. The molecule has 0 saturated heterocycles. The van der Waals surface area contributed by atoms with Crippen LogP contribution in [0.2, 0.25) is 0 Å². The first-order chi connectivity index (χ1) is 11.0. The molecule has 0 saturated carbocycles. The first-order valence-corrected chi connectivity index (χ1v) is 7.71. The minimum atomic E-state index is -0.291. The maximum absolute atomic E-state index is 12.7. The molecule has 1 rings (SSSR count). The zero-order valence-electron chi connectivity index (χ0n) is 14.4. The van der Waals surface area contributed by atoms with Gasteiger partial charge in [-0.1, -0.05) is 6.07 Å². The maximum atomic E-state index is 12.7. The van der Waals surface area contributed by atoms with Gasteiger partial charge in [-0.15, -0.1) is 0 Å². The molecule has 6 heteroatoms. The van der Waals surface area contributed by atoms with E-state index in [9.17, 15) is 9.59 Å². The molecule has 1 aromatic carbocycles. The lowest BCUT2D eigenvalue weighted by atomic mass is 10.2. The van der Waals surface area contributed by atoms with Gasteiger partial charge in [0.15, 0.2) is 0 Å². The number of methoxy groups -OCH3 is 1. The van der Waals surface area contributed by atoms with E-state index in [-0.39, 0.29) is 18.3 Å². The fourth-order valence-electron chi connectivity index (χ4n) is 2.03. The summed E-state index contributed by atoms with van der Waals surface area (Å²) in [7, 11) is 5.45. The van der Waals surface area contributed by atoms with Crippen molar-refractivity contribution in [1.29, 1.82) is 0 Å². The van der Waals surface area contributed by atoms with Crippen LogP contribution in [0, 0.1) is 0 Å². The van der Waals surface area contributed by atoms with Crippen LogP contribution in [0.5, 0.6) is 5.75 Å². The molecule has 6 nitrogen and oxygen atoms in total. The molecule has 0 heterocycles. The normalized spacial score (nSPS) is 10.5. The van der Waals surface area contributed by atoms with Crippen LogP contribution in [0.25, 0.3) is 0 Å². The van der Waals surface area contributed by atoms with Crippen LogP contribution < -0.4 is 4.74 Å². The third-order valence-electron chi connectivity index (χ3n) is 3.31. The van der Waals surface area contributed by atoms with E-state index in [1.54, 1.807) is 43.2 Å². The lowest BCUT2D eigenvalue weighted by Gasteiger charge is -2.24. The predicted molar refractivity (Wildman–Crippen MR) is 88.7 cm³/mol. The summed E-state index contributed by atoms with van der Waals surface area (Å²) < 4.78 is 10.1. The van der Waals surface area contributed by atoms with Crippen molar-refractivity contribution in [1.82, 2.24) is 9.80 Å². The molecule has 0 radical (unpaired) electrons. The van der Waals surface area contributed by atoms with E-state index >= 15 is 0 Å². The Morgan fingerprint density at radius 1 is 1.13 bits per heavy atom. The standard InChI is InChI=1S/C17H26N2O4/c1-5-23-16(20)9-10-19(12-11-18(2)3)17(21)14-7-6-8-15(13-14)22-4/h6-8,13H,5,9-12H2,1-4H3. The van der Waals surface area contributed by atoms with Gasteiger partial charge >= 0.3 is 5.97 Å². The minimum Gasteiger partial charge on any atom is -0.497 e. The molecule has 0 aliphatic rings. The molecule has 0 aromatic heterocycles. The Kier molecular flexibility index (Phi) is 8.11. The number of amides is 1. The summed E-state index contributed by atoms with van der Waals surface area (Å²) in [6.45, 7) is 3.72. The highest BCUT2D eigenvalue weighted by Gasteiger charge is 2.18. The van der Waals surface area contributed by atoms with E-state index in [0.717, 1.165) is 6.54 Å². The van der Waals surface area contributed by atoms with Crippen LogP contribution in [0.3, 0.4) is 0 Å². The molecule has 1 aromatic rings. The van der Waals surface area contributed by atoms with E-state index in [4.69, 9.17) is 9.47 Å². The van der Waals surface area contributed by atoms with Gasteiger partial charge in [0, 0.05) is 25.2 Å². The Morgan fingerprint density at radius 3 is 2.48 bits per heavy atom. The van der Waals surface area contributed by atoms with Gasteiger partial charge < -0.3 is 19.3 Å². The maximum Gasteiger partial charge on any atom is 0.307 e. The lowest BCUT2D eigenvalue weighted by Crippen LogP contribution is -2.38. The van der Waals surface area contributed by atoms with Gasteiger partial charge in [0.25, 0.3) is 5.91 Å². The molecule has 0 unspecified atom stereocenters. The molecule has 0 atom stereocenters. The zero-order valence-corrected chi connectivity index (χ0v) is 14.4. The quantitative estimate of drug-likeness (QED) is 0.647. The van der Waals surface area contributed by atoms with Crippen LogP contribution in [-0.2, 0) is 9.53 Å². The number of hydrogen-bond donors (Lipinski definition) is 0. The number of esters is 1. The Hall–Kier alpha value is -2.08. The minimum absolute atomic E-state index is 0.116. The number of ether oxygens (including phenoxy) is 2. The van der Waals surface area contributed by atoms with Gasteiger partial charge in [-0.2, -0.15) is 0 Å². The second-order valence-corrected chi connectivity index (χ2v) is 5.38. The van der Waals surface area contributed by atoms with Crippen molar-refractivity contribution in [2.75, 3.05) is 47.4 Å². The Morgan fingerprint density at radius 2 is 1.87 bits per heavy atom. The van der Waals surface area contributed by atoms with E-state index in [1.165, 1.54) is 0 Å². The first kappa shape index (κ1) is 19.0. The summed E-state index contributed by atoms with van der Waals surface area (Å²) in [6, 6.07) is 7.02. The molecule has 1 amide bonds. The van der Waals surface area contributed by atoms with Gasteiger partial charge in [-0.05, 0) is 39.2 Å². The summed E-state index contributed by atoms with van der Waals surface area (Å²) in [5.41, 5.74) is 0.548. The van der Waals surface area contributed by atoms with Crippen molar-refractivity contribution in [2.24, 2.45) is 0 Å². The van der Waals surface area contributed by atoms with Crippen LogP contribution >= 0.6 is 0 Å². The Labute approximate surface area is 138 Å². The largest absolute Gasteiger partial charge is 0.497 e. The van der Waals surface area contributed by atoms with Crippen molar-refractivity contribution < 1.29 is 19.1 Å². The van der Waals surface area contributed by atoms with Gasteiger partial charge in [0.1, 0.15) is 5.75 Å². The average Bonchev–Trinajstić information content (AvgIpc) is 2.54. The summed E-state index contributed by atoms with van der Waals surface area (Å²) in [6.07, 6.45) is 0.191. The molecule has 23 heavy (non-hydrogen) atoms. The van der Waals surface area contributed by atoms with Crippen LogP contribution in [-0.4, -0.2) is 69.1 Å². The Balaban J connectivity index is 2.79. The number of benzene rings is 1. The predicted octanol–water partition coefficient (Wildman–Crippen LogP) is 1.65. The third kappa shape index (κ3) is 6.69. The number of carbonyl (C=O) groups is 2. The average molecular weight is 322 g/mol. The fourth-order valence-corrected chi connectivity index (χ4v) is 2.03. The number of carbonyl (C=O) groups excluding carboxylic acids is 2. The Bertz CT molecular complexity index is 517. The van der Waals surface area contributed by atoms with Crippen molar-refractivity contribution >= 4 is 11.9 Å². The number of nitrogens with zero attached hydrogens (tertiary/aromatic N) is 2. The van der Waals surface area contributed by atoms with Crippen molar-refractivity contribution in [3.05, 3.63) is 29.8 Å². The van der Waals surface area contributed by atoms with Crippen LogP contribution in [0.1, 0.15) is 23.7 Å². The number of likely N-dealkylation sites (N-methyl/N-ethyl adjacent to an activating group) is 1. The van der Waals surface area contributed by atoms with E-state index in [2.05, 4.69) is 0 Å². The summed E-state index contributed by atoms with van der Waals surface area (Å²) in [5, 5.41) is 0. The molecule has 0 fully saturated rings. The topological polar surface area (TPSA) is 59.1 Å². The van der Waals surface area contributed by atoms with E-state index in [1.807, 2.05) is 19.0 Å². The monoisotopic (exact) mass is 322 g/mol. The number of hydrogen-bond acceptors (Lipinski definition) is 5. The molecule has 0 N–H and O–H groups in total. The molecular weight excluding hydrogens is 296 g/mol. The van der Waals surface area contributed by atoms with Crippen LogP contribution in [0.4, 0.5) is 0 Å². The molecule has 0 spiro atoms. The third-order valence-corrected chi connectivity index (χ3v) is 3.31. The van der Waals surface area contributed by atoms with E-state index < -0.39 is 0 Å². The van der Waals surface area contributed by atoms with Gasteiger partial charge in [0.05, 0.1) is 20.1 Å². The van der Waals surface area contributed by atoms with Gasteiger partial charge in [-0.3, -0.25) is 9.59 Å². The molecule has 0 bridgehead atoms. The highest BCUT2D eigenvalue weighted by molar-refractivity contribution is 5.94. The van der Waals surface area contributed by atoms with Crippen molar-refractivity contribution in [2.45, 2.75) is 13.3 Å². The second kappa shape index (κ2) is 9.84. The van der Waals surface area contributed by atoms with Gasteiger partial charge in [0.2, 0.25) is 0 Å². The summed E-state index contributed by atoms with van der Waals surface area (Å²) in [5.74, 6) is 0.227. The second-order valence-electron chi connectivity index (χ2n) is 5.38. The highest BCUT2D eigenvalue weighted by Crippen LogP contribution is 2.14. The fraction of sp³-hybridized carbons (Fsp3) is 0.529. The smallest absolute Gasteiger partial charge is 0.307 e. The SMILES string of the molecule is CCOC(=O)CCN(CCN(C)C)C(=O)c1cccc(OC)c1. The van der Waals surface area contributed by atoms with Crippen molar-refractivity contribution in [3.8, 4) is 5.75 Å². The highest BCUT2D eigenvalue weighted by atomic mass is 16.5.